The van der Waals surface area contributed by atoms with E-state index >= 15 is 0 Å². The molecule has 0 saturated heterocycles. The third-order valence-electron chi connectivity index (χ3n) is 2.48. The summed E-state index contributed by atoms with van der Waals surface area (Å²) in [6.07, 6.45) is 9.83. The van der Waals surface area contributed by atoms with Gasteiger partial charge >= 0.3 is 0 Å². The van der Waals surface area contributed by atoms with Gasteiger partial charge in [-0.2, -0.15) is 0 Å². The maximum absolute atomic E-state index is 3.93. The van der Waals surface area contributed by atoms with Gasteiger partial charge in [0.2, 0.25) is 0 Å². The molecule has 0 amide bonds. The van der Waals surface area contributed by atoms with Gasteiger partial charge in [0.1, 0.15) is 0 Å². The minimum absolute atomic E-state index is 0.788. The molecule has 0 spiro atoms. The Hall–Kier alpha value is -0.260. The van der Waals surface area contributed by atoms with E-state index in [1.807, 2.05) is 0 Å². The third-order valence-corrected chi connectivity index (χ3v) is 2.48. The summed E-state index contributed by atoms with van der Waals surface area (Å²) in [6.45, 7) is 6.23. The van der Waals surface area contributed by atoms with Crippen LogP contribution in [-0.4, -0.2) is 0 Å². The molecule has 2 atom stereocenters. The van der Waals surface area contributed by atoms with Crippen LogP contribution in [0.4, 0.5) is 0 Å². The van der Waals surface area contributed by atoms with Crippen molar-refractivity contribution in [1.29, 1.82) is 0 Å². The zero-order chi connectivity index (χ0) is 7.40. The van der Waals surface area contributed by atoms with Gasteiger partial charge in [-0.05, 0) is 31.1 Å². The first-order valence-corrected chi connectivity index (χ1v) is 4.30. The second kappa shape index (κ2) is 3.80. The lowest BCUT2D eigenvalue weighted by molar-refractivity contribution is 0.387. The Morgan fingerprint density at radius 1 is 1.70 bits per heavy atom. The fraction of sp³-hybridized carbons (Fsp3) is 0.700. The third kappa shape index (κ3) is 1.86. The predicted molar refractivity (Wildman–Crippen MR) is 45.6 cm³/mol. The molecule has 1 aliphatic rings. The van der Waals surface area contributed by atoms with Crippen molar-refractivity contribution in [1.82, 2.24) is 0 Å². The monoisotopic (exact) mass is 137 g/mol. The van der Waals surface area contributed by atoms with Gasteiger partial charge in [0.05, 0.1) is 0 Å². The Bertz CT molecular complexity index is 113. The van der Waals surface area contributed by atoms with E-state index in [1.165, 1.54) is 19.3 Å². The van der Waals surface area contributed by atoms with Crippen LogP contribution in [0.25, 0.3) is 0 Å². The molecule has 0 nitrogen and oxygen atoms in total. The summed E-state index contributed by atoms with van der Waals surface area (Å²) < 4.78 is 0. The predicted octanol–water partition coefficient (Wildman–Crippen LogP) is 3.20. The second-order valence-electron chi connectivity index (χ2n) is 3.29. The summed E-state index contributed by atoms with van der Waals surface area (Å²) in [5, 5.41) is 0. The lowest BCUT2D eigenvalue weighted by atomic mass is 9.84. The first kappa shape index (κ1) is 7.84. The smallest absolute Gasteiger partial charge is 0.0208 e. The highest BCUT2D eigenvalue weighted by Gasteiger charge is 2.13. The van der Waals surface area contributed by atoms with Gasteiger partial charge in [-0.15, -0.1) is 0 Å². The molecule has 1 aliphatic carbocycles. The second-order valence-corrected chi connectivity index (χ2v) is 3.29. The Labute approximate surface area is 64.3 Å². The van der Waals surface area contributed by atoms with E-state index in [4.69, 9.17) is 0 Å². The van der Waals surface area contributed by atoms with Gasteiger partial charge in [0.25, 0.3) is 0 Å². The topological polar surface area (TPSA) is 0 Å². The first-order chi connectivity index (χ1) is 4.84. The van der Waals surface area contributed by atoms with Crippen LogP contribution in [0, 0.1) is 18.8 Å². The van der Waals surface area contributed by atoms with Crippen LogP contribution < -0.4 is 0 Å². The van der Waals surface area contributed by atoms with E-state index in [1.54, 1.807) is 0 Å². The number of hydrogen-bond donors (Lipinski definition) is 0. The van der Waals surface area contributed by atoms with Crippen LogP contribution >= 0.6 is 0 Å². The van der Waals surface area contributed by atoms with Crippen LogP contribution in [0.2, 0.25) is 0 Å². The fourth-order valence-electron chi connectivity index (χ4n) is 1.53. The Kier molecular flexibility index (Phi) is 2.98. The van der Waals surface area contributed by atoms with Crippen LogP contribution in [0.5, 0.6) is 0 Å². The molecule has 0 heterocycles. The standard InChI is InChI=1S/C10H17/c1-3-9(2)10-7-5-4-6-8-10/h5,7,9-10H,1,3-4,6,8H2,2H3. The Balaban J connectivity index is 2.38. The molecule has 0 aromatic heterocycles. The van der Waals surface area contributed by atoms with Crippen molar-refractivity contribution in [2.75, 3.05) is 0 Å². The molecule has 0 bridgehead atoms. The van der Waals surface area contributed by atoms with Crippen LogP contribution in [-0.2, 0) is 0 Å². The molecule has 0 aromatic rings. The summed E-state index contributed by atoms with van der Waals surface area (Å²) >= 11 is 0. The SMILES string of the molecule is [CH2]CC(C)C1C=CCCC1. The molecule has 0 N–H and O–H groups in total. The zero-order valence-electron chi connectivity index (χ0n) is 6.84. The van der Waals surface area contributed by atoms with Gasteiger partial charge in [0.15, 0.2) is 0 Å². The molecule has 2 unspecified atom stereocenters. The van der Waals surface area contributed by atoms with Crippen LogP contribution in [0.1, 0.15) is 32.6 Å². The minimum Gasteiger partial charge on any atom is -0.0882 e. The quantitative estimate of drug-likeness (QED) is 0.513. The van der Waals surface area contributed by atoms with E-state index in [0.29, 0.717) is 0 Å². The summed E-state index contributed by atoms with van der Waals surface area (Å²) in [6, 6.07) is 0. The number of hydrogen-bond acceptors (Lipinski definition) is 0. The Morgan fingerprint density at radius 2 is 2.50 bits per heavy atom. The van der Waals surface area contributed by atoms with Gasteiger partial charge < -0.3 is 0 Å². The van der Waals surface area contributed by atoms with Gasteiger partial charge in [0, 0.05) is 0 Å². The highest BCUT2D eigenvalue weighted by Crippen LogP contribution is 2.25. The highest BCUT2D eigenvalue weighted by atomic mass is 14.2. The van der Waals surface area contributed by atoms with Crippen molar-refractivity contribution < 1.29 is 0 Å². The molecular formula is C10H17. The van der Waals surface area contributed by atoms with Crippen molar-refractivity contribution >= 4 is 0 Å². The van der Waals surface area contributed by atoms with Crippen LogP contribution in [0.15, 0.2) is 12.2 Å². The van der Waals surface area contributed by atoms with Gasteiger partial charge in [-0.3, -0.25) is 0 Å². The molecule has 0 aliphatic heterocycles. The van der Waals surface area contributed by atoms with E-state index in [0.717, 1.165) is 18.3 Å². The highest BCUT2D eigenvalue weighted by molar-refractivity contribution is 4.94. The molecule has 0 aromatic carbocycles. The number of rotatable bonds is 2. The van der Waals surface area contributed by atoms with Crippen LogP contribution in [0.3, 0.4) is 0 Å². The molecule has 1 rings (SSSR count). The number of allylic oxidation sites excluding steroid dienone is 2. The van der Waals surface area contributed by atoms with Crippen molar-refractivity contribution in [2.45, 2.75) is 32.6 Å². The summed E-state index contributed by atoms with van der Waals surface area (Å²) in [4.78, 5) is 0. The summed E-state index contributed by atoms with van der Waals surface area (Å²) in [5.41, 5.74) is 0. The maximum Gasteiger partial charge on any atom is -0.0208 e. The fourth-order valence-corrected chi connectivity index (χ4v) is 1.53. The van der Waals surface area contributed by atoms with Crippen molar-refractivity contribution in [3.63, 3.8) is 0 Å². The molecule has 10 heavy (non-hydrogen) atoms. The van der Waals surface area contributed by atoms with Gasteiger partial charge in [-0.1, -0.05) is 32.4 Å². The molecule has 0 saturated carbocycles. The summed E-state index contributed by atoms with van der Waals surface area (Å²) in [5.74, 6) is 1.61. The largest absolute Gasteiger partial charge is 0.0882 e. The minimum atomic E-state index is 0.788. The Morgan fingerprint density at radius 3 is 3.00 bits per heavy atom. The van der Waals surface area contributed by atoms with Crippen molar-refractivity contribution in [3.05, 3.63) is 19.1 Å². The summed E-state index contributed by atoms with van der Waals surface area (Å²) in [7, 11) is 0. The average molecular weight is 137 g/mol. The molecular weight excluding hydrogens is 120 g/mol. The lowest BCUT2D eigenvalue weighted by Crippen LogP contribution is -2.10. The normalized spacial score (nSPS) is 28.4. The lowest BCUT2D eigenvalue weighted by Gasteiger charge is -2.21. The van der Waals surface area contributed by atoms with Crippen molar-refractivity contribution in [3.8, 4) is 0 Å². The van der Waals surface area contributed by atoms with E-state index in [-0.39, 0.29) is 0 Å². The van der Waals surface area contributed by atoms with Gasteiger partial charge in [-0.25, -0.2) is 0 Å². The molecule has 57 valence electrons. The zero-order valence-corrected chi connectivity index (χ0v) is 6.84. The average Bonchev–Trinajstić information content (AvgIpc) is 2.05. The van der Waals surface area contributed by atoms with E-state index in [9.17, 15) is 0 Å². The maximum atomic E-state index is 3.93. The molecule has 0 heteroatoms. The van der Waals surface area contributed by atoms with E-state index in [2.05, 4.69) is 26.0 Å². The van der Waals surface area contributed by atoms with E-state index < -0.39 is 0 Å². The molecule has 0 fully saturated rings. The molecule has 1 radical (unpaired) electrons. The first-order valence-electron chi connectivity index (χ1n) is 4.30. The van der Waals surface area contributed by atoms with Crippen molar-refractivity contribution in [2.24, 2.45) is 11.8 Å².